The quantitative estimate of drug-likeness (QED) is 0.712. The Kier molecular flexibility index (Phi) is 4.20. The molecular weight excluding hydrogens is 292 g/mol. The van der Waals surface area contributed by atoms with Crippen LogP contribution >= 0.6 is 0 Å². The van der Waals surface area contributed by atoms with Gasteiger partial charge in [0, 0.05) is 24.6 Å². The molecule has 0 fully saturated rings. The standard InChI is InChI=1S/C22H24N2/c1-4-15-21(2)19-13-8-9-14-20(19)24(3)22(21,16-10-17-23)18-11-6-5-7-12-18/h4-9,11-14H,1,10,15-16H2,2-3H3/t21-,22-/m1/s1. The van der Waals surface area contributed by atoms with Crippen molar-refractivity contribution >= 4 is 5.69 Å². The third-order valence-corrected chi connectivity index (χ3v) is 5.75. The molecule has 0 N–H and O–H groups in total. The highest BCUT2D eigenvalue weighted by molar-refractivity contribution is 5.68. The van der Waals surface area contributed by atoms with E-state index in [4.69, 9.17) is 0 Å². The summed E-state index contributed by atoms with van der Waals surface area (Å²) < 4.78 is 0. The van der Waals surface area contributed by atoms with Crippen molar-refractivity contribution in [3.05, 3.63) is 78.4 Å². The smallest absolute Gasteiger partial charge is 0.0757 e. The van der Waals surface area contributed by atoms with Gasteiger partial charge in [-0.2, -0.15) is 5.26 Å². The van der Waals surface area contributed by atoms with Crippen molar-refractivity contribution in [3.8, 4) is 6.07 Å². The Morgan fingerprint density at radius 1 is 1.12 bits per heavy atom. The van der Waals surface area contributed by atoms with Crippen molar-refractivity contribution in [3.63, 3.8) is 0 Å². The molecular formula is C22H24N2. The van der Waals surface area contributed by atoms with Gasteiger partial charge in [0.1, 0.15) is 0 Å². The van der Waals surface area contributed by atoms with Crippen LogP contribution in [0.1, 0.15) is 37.3 Å². The third-order valence-electron chi connectivity index (χ3n) is 5.75. The summed E-state index contributed by atoms with van der Waals surface area (Å²) in [5, 5.41) is 9.30. The topological polar surface area (TPSA) is 27.0 Å². The second kappa shape index (κ2) is 6.17. The molecule has 0 aliphatic carbocycles. The van der Waals surface area contributed by atoms with Crippen LogP contribution < -0.4 is 4.90 Å². The number of likely N-dealkylation sites (N-methyl/N-ethyl adjacent to an activating group) is 1. The summed E-state index contributed by atoms with van der Waals surface area (Å²) in [5.74, 6) is 0. The van der Waals surface area contributed by atoms with Crippen LogP contribution in [0, 0.1) is 11.3 Å². The van der Waals surface area contributed by atoms with E-state index in [1.54, 1.807) is 0 Å². The minimum Gasteiger partial charge on any atom is -0.364 e. The Balaban J connectivity index is 2.30. The number of para-hydroxylation sites is 1. The van der Waals surface area contributed by atoms with Gasteiger partial charge in [0.25, 0.3) is 0 Å². The fourth-order valence-corrected chi connectivity index (χ4v) is 4.65. The van der Waals surface area contributed by atoms with Gasteiger partial charge in [-0.05, 0) is 30.0 Å². The molecule has 0 saturated heterocycles. The molecule has 122 valence electrons. The third kappa shape index (κ3) is 2.08. The molecule has 2 nitrogen and oxygen atoms in total. The maximum atomic E-state index is 9.30. The molecule has 0 amide bonds. The van der Waals surface area contributed by atoms with Crippen molar-refractivity contribution in [1.29, 1.82) is 5.26 Å². The maximum absolute atomic E-state index is 9.30. The first kappa shape index (κ1) is 16.3. The lowest BCUT2D eigenvalue weighted by molar-refractivity contribution is 0.237. The molecule has 1 aliphatic heterocycles. The van der Waals surface area contributed by atoms with Crippen molar-refractivity contribution in [2.75, 3.05) is 11.9 Å². The van der Waals surface area contributed by atoms with Gasteiger partial charge in [-0.25, -0.2) is 0 Å². The average molecular weight is 316 g/mol. The van der Waals surface area contributed by atoms with Crippen LogP contribution in [0.15, 0.2) is 67.3 Å². The largest absolute Gasteiger partial charge is 0.364 e. The van der Waals surface area contributed by atoms with Gasteiger partial charge in [0.2, 0.25) is 0 Å². The molecule has 1 aliphatic rings. The number of nitriles is 1. The number of allylic oxidation sites excluding steroid dienone is 1. The highest BCUT2D eigenvalue weighted by atomic mass is 15.2. The number of benzene rings is 2. The summed E-state index contributed by atoms with van der Waals surface area (Å²) in [6, 6.07) is 21.6. The van der Waals surface area contributed by atoms with Crippen molar-refractivity contribution in [2.24, 2.45) is 0 Å². The van der Waals surface area contributed by atoms with E-state index in [9.17, 15) is 5.26 Å². The van der Waals surface area contributed by atoms with Crippen molar-refractivity contribution < 1.29 is 0 Å². The van der Waals surface area contributed by atoms with E-state index in [0.717, 1.165) is 12.8 Å². The molecule has 3 rings (SSSR count). The predicted molar refractivity (Wildman–Crippen MR) is 100.0 cm³/mol. The van der Waals surface area contributed by atoms with Gasteiger partial charge in [-0.3, -0.25) is 0 Å². The molecule has 0 aromatic heterocycles. The fraction of sp³-hybridized carbons (Fsp3) is 0.318. The molecule has 0 bridgehead atoms. The van der Waals surface area contributed by atoms with Crippen molar-refractivity contribution in [2.45, 2.75) is 37.1 Å². The number of anilines is 1. The molecule has 24 heavy (non-hydrogen) atoms. The number of hydrogen-bond donors (Lipinski definition) is 0. The van der Waals surface area contributed by atoms with E-state index in [0.29, 0.717) is 6.42 Å². The highest BCUT2D eigenvalue weighted by Crippen LogP contribution is 2.59. The molecule has 2 heteroatoms. The van der Waals surface area contributed by atoms with Crippen LogP contribution in [0.25, 0.3) is 0 Å². The molecule has 0 unspecified atom stereocenters. The Morgan fingerprint density at radius 3 is 2.46 bits per heavy atom. The Labute approximate surface area is 145 Å². The van der Waals surface area contributed by atoms with Crippen LogP contribution in [0.3, 0.4) is 0 Å². The van der Waals surface area contributed by atoms with Gasteiger partial charge in [-0.1, -0.05) is 61.5 Å². The van der Waals surface area contributed by atoms with Gasteiger partial charge < -0.3 is 4.90 Å². The summed E-state index contributed by atoms with van der Waals surface area (Å²) in [6.07, 6.45) is 4.21. The van der Waals surface area contributed by atoms with Crippen LogP contribution in [0.2, 0.25) is 0 Å². The molecule has 2 aromatic rings. The zero-order valence-corrected chi connectivity index (χ0v) is 14.5. The lowest BCUT2D eigenvalue weighted by atomic mass is 9.62. The fourth-order valence-electron chi connectivity index (χ4n) is 4.65. The normalized spacial score (nSPS) is 25.1. The van der Waals surface area contributed by atoms with Gasteiger partial charge >= 0.3 is 0 Å². The van der Waals surface area contributed by atoms with Crippen molar-refractivity contribution in [1.82, 2.24) is 0 Å². The van der Waals surface area contributed by atoms with Gasteiger partial charge in [0.05, 0.1) is 11.6 Å². The number of hydrogen-bond acceptors (Lipinski definition) is 2. The first-order valence-corrected chi connectivity index (χ1v) is 8.48. The van der Waals surface area contributed by atoms with Crippen LogP contribution in [0.5, 0.6) is 0 Å². The molecule has 0 saturated carbocycles. The van der Waals surface area contributed by atoms with E-state index >= 15 is 0 Å². The lowest BCUT2D eigenvalue weighted by Gasteiger charge is -2.48. The average Bonchev–Trinajstić information content (AvgIpc) is 2.80. The summed E-state index contributed by atoms with van der Waals surface area (Å²) in [5.41, 5.74) is 3.49. The summed E-state index contributed by atoms with van der Waals surface area (Å²) in [4.78, 5) is 2.39. The molecule has 0 radical (unpaired) electrons. The second-order valence-electron chi connectivity index (χ2n) is 6.79. The van der Waals surface area contributed by atoms with E-state index in [1.807, 2.05) is 6.08 Å². The molecule has 2 aromatic carbocycles. The van der Waals surface area contributed by atoms with Crippen LogP contribution in [-0.2, 0) is 11.0 Å². The van der Waals surface area contributed by atoms with Gasteiger partial charge in [0.15, 0.2) is 0 Å². The number of nitrogens with zero attached hydrogens (tertiary/aromatic N) is 2. The SMILES string of the molecule is C=CC[C@]1(C)c2ccccc2N(C)[C@]1(CCC#N)c1ccccc1. The predicted octanol–water partition coefficient (Wildman–Crippen LogP) is 5.17. The monoisotopic (exact) mass is 316 g/mol. The van der Waals surface area contributed by atoms with E-state index < -0.39 is 0 Å². The minimum atomic E-state index is -0.248. The Bertz CT molecular complexity index is 774. The zero-order valence-electron chi connectivity index (χ0n) is 14.5. The first-order chi connectivity index (χ1) is 11.6. The highest BCUT2D eigenvalue weighted by Gasteiger charge is 2.57. The summed E-state index contributed by atoms with van der Waals surface area (Å²) in [7, 11) is 2.16. The number of fused-ring (bicyclic) bond motifs is 1. The Hall–Kier alpha value is -2.53. The lowest BCUT2D eigenvalue weighted by Crippen LogP contribution is -2.52. The molecule has 2 atom stereocenters. The van der Waals surface area contributed by atoms with E-state index in [2.05, 4.69) is 86.1 Å². The van der Waals surface area contributed by atoms with Crippen LogP contribution in [0.4, 0.5) is 5.69 Å². The van der Waals surface area contributed by atoms with Gasteiger partial charge in [-0.15, -0.1) is 6.58 Å². The number of rotatable bonds is 5. The molecule has 0 spiro atoms. The first-order valence-electron chi connectivity index (χ1n) is 8.48. The zero-order chi connectivity index (χ0) is 17.2. The van der Waals surface area contributed by atoms with E-state index in [1.165, 1.54) is 16.8 Å². The maximum Gasteiger partial charge on any atom is 0.0757 e. The Morgan fingerprint density at radius 2 is 1.79 bits per heavy atom. The summed E-state index contributed by atoms with van der Waals surface area (Å²) in [6.45, 7) is 6.34. The minimum absolute atomic E-state index is 0.127. The van der Waals surface area contributed by atoms with E-state index in [-0.39, 0.29) is 11.0 Å². The molecule has 1 heterocycles. The summed E-state index contributed by atoms with van der Waals surface area (Å²) >= 11 is 0. The van der Waals surface area contributed by atoms with Crippen LogP contribution in [-0.4, -0.2) is 7.05 Å². The second-order valence-corrected chi connectivity index (χ2v) is 6.79.